The van der Waals surface area contributed by atoms with Crippen molar-refractivity contribution in [2.24, 2.45) is 0 Å². The Morgan fingerprint density at radius 1 is 1.14 bits per heavy atom. The fourth-order valence-corrected chi connectivity index (χ4v) is 2.11. The largest absolute Gasteiger partial charge is 0.313 e. The van der Waals surface area contributed by atoms with Gasteiger partial charge >= 0.3 is 0 Å². The van der Waals surface area contributed by atoms with Crippen LogP contribution in [-0.2, 0) is 4.79 Å². The standard InChI is InChI=1S/C18H16ClNO/c1-14-8-11-17(20(2)18(21)13-19)16(12-14)10-9-15-6-4-3-5-7-15/h3-8,11-12H,13H2,1-2H3. The lowest BCUT2D eigenvalue weighted by Gasteiger charge is -2.18. The number of aryl methyl sites for hydroxylation is 1. The van der Waals surface area contributed by atoms with E-state index in [-0.39, 0.29) is 11.8 Å². The summed E-state index contributed by atoms with van der Waals surface area (Å²) in [6.45, 7) is 2.00. The number of amides is 1. The van der Waals surface area contributed by atoms with E-state index in [2.05, 4.69) is 11.8 Å². The molecule has 0 heterocycles. The molecule has 0 radical (unpaired) electrons. The lowest BCUT2D eigenvalue weighted by molar-refractivity contribution is -0.116. The molecule has 0 aliphatic heterocycles. The number of nitrogens with zero attached hydrogens (tertiary/aromatic N) is 1. The number of hydrogen-bond acceptors (Lipinski definition) is 1. The monoisotopic (exact) mass is 297 g/mol. The highest BCUT2D eigenvalue weighted by Crippen LogP contribution is 2.20. The van der Waals surface area contributed by atoms with E-state index >= 15 is 0 Å². The van der Waals surface area contributed by atoms with E-state index < -0.39 is 0 Å². The van der Waals surface area contributed by atoms with Gasteiger partial charge < -0.3 is 4.90 Å². The summed E-state index contributed by atoms with van der Waals surface area (Å²) in [5, 5.41) is 0. The van der Waals surface area contributed by atoms with Crippen LogP contribution in [0.15, 0.2) is 48.5 Å². The van der Waals surface area contributed by atoms with Gasteiger partial charge in [-0.15, -0.1) is 11.6 Å². The molecule has 2 aromatic rings. The van der Waals surface area contributed by atoms with Crippen LogP contribution in [0.2, 0.25) is 0 Å². The predicted octanol–water partition coefficient (Wildman–Crippen LogP) is 3.60. The Hall–Kier alpha value is -2.24. The molecule has 0 spiro atoms. The van der Waals surface area contributed by atoms with Gasteiger partial charge in [0.1, 0.15) is 5.88 Å². The first kappa shape index (κ1) is 15.2. The summed E-state index contributed by atoms with van der Waals surface area (Å²) in [6.07, 6.45) is 0. The maximum Gasteiger partial charge on any atom is 0.241 e. The molecule has 0 aliphatic rings. The van der Waals surface area contributed by atoms with E-state index in [0.717, 1.165) is 22.4 Å². The van der Waals surface area contributed by atoms with Gasteiger partial charge in [0.15, 0.2) is 0 Å². The van der Waals surface area contributed by atoms with Crippen molar-refractivity contribution in [1.82, 2.24) is 0 Å². The third kappa shape index (κ3) is 3.87. The fourth-order valence-electron chi connectivity index (χ4n) is 1.93. The Balaban J connectivity index is 2.41. The Kier molecular flexibility index (Phi) is 5.03. The molecule has 0 N–H and O–H groups in total. The van der Waals surface area contributed by atoms with Crippen molar-refractivity contribution in [3.8, 4) is 11.8 Å². The molecule has 2 nitrogen and oxygen atoms in total. The summed E-state index contributed by atoms with van der Waals surface area (Å²) in [6, 6.07) is 15.6. The molecule has 0 bridgehead atoms. The van der Waals surface area contributed by atoms with Crippen molar-refractivity contribution in [2.45, 2.75) is 6.92 Å². The van der Waals surface area contributed by atoms with Crippen molar-refractivity contribution >= 4 is 23.2 Å². The number of alkyl halides is 1. The van der Waals surface area contributed by atoms with Crippen molar-refractivity contribution in [1.29, 1.82) is 0 Å². The topological polar surface area (TPSA) is 20.3 Å². The van der Waals surface area contributed by atoms with Crippen LogP contribution < -0.4 is 4.90 Å². The molecule has 3 heteroatoms. The lowest BCUT2D eigenvalue weighted by Crippen LogP contribution is -2.27. The minimum atomic E-state index is -0.150. The second kappa shape index (κ2) is 6.97. The number of benzene rings is 2. The zero-order valence-corrected chi connectivity index (χ0v) is 12.8. The van der Waals surface area contributed by atoms with Gasteiger partial charge in [0.25, 0.3) is 0 Å². The van der Waals surface area contributed by atoms with Crippen molar-refractivity contribution in [3.05, 3.63) is 65.2 Å². The maximum atomic E-state index is 11.8. The van der Waals surface area contributed by atoms with Crippen LogP contribution in [0.1, 0.15) is 16.7 Å². The van der Waals surface area contributed by atoms with Crippen LogP contribution in [0.4, 0.5) is 5.69 Å². The number of hydrogen-bond donors (Lipinski definition) is 0. The normalized spacial score (nSPS) is 9.67. The minimum Gasteiger partial charge on any atom is -0.313 e. The minimum absolute atomic E-state index is 0.0457. The van der Waals surface area contributed by atoms with Gasteiger partial charge in [-0.2, -0.15) is 0 Å². The van der Waals surface area contributed by atoms with Gasteiger partial charge in [0.05, 0.1) is 5.69 Å². The molecule has 0 atom stereocenters. The molecule has 0 aliphatic carbocycles. The fraction of sp³-hybridized carbons (Fsp3) is 0.167. The van der Waals surface area contributed by atoms with Crippen molar-refractivity contribution in [2.75, 3.05) is 17.8 Å². The highest BCUT2D eigenvalue weighted by Gasteiger charge is 2.12. The molecular formula is C18H16ClNO. The van der Waals surface area contributed by atoms with Gasteiger partial charge in [-0.3, -0.25) is 4.79 Å². The van der Waals surface area contributed by atoms with Crippen LogP contribution in [0.5, 0.6) is 0 Å². The predicted molar refractivity (Wildman–Crippen MR) is 87.7 cm³/mol. The maximum absolute atomic E-state index is 11.8. The molecule has 0 fully saturated rings. The number of halogens is 1. The summed E-state index contributed by atoms with van der Waals surface area (Å²) in [4.78, 5) is 13.3. The molecule has 21 heavy (non-hydrogen) atoms. The molecule has 1 amide bonds. The van der Waals surface area contributed by atoms with Crippen LogP contribution in [0, 0.1) is 18.8 Å². The van der Waals surface area contributed by atoms with Gasteiger partial charge in [-0.1, -0.05) is 36.1 Å². The van der Waals surface area contributed by atoms with Crippen LogP contribution in [0.3, 0.4) is 0 Å². The van der Waals surface area contributed by atoms with Crippen molar-refractivity contribution < 1.29 is 4.79 Å². The number of anilines is 1. The quantitative estimate of drug-likeness (QED) is 0.613. The number of rotatable bonds is 2. The Bertz CT molecular complexity index is 698. The number of carbonyl (C=O) groups excluding carboxylic acids is 1. The molecule has 0 unspecified atom stereocenters. The van der Waals surface area contributed by atoms with E-state index in [1.165, 1.54) is 0 Å². The van der Waals surface area contributed by atoms with Gasteiger partial charge in [-0.25, -0.2) is 0 Å². The van der Waals surface area contributed by atoms with Crippen LogP contribution >= 0.6 is 11.6 Å². The SMILES string of the molecule is Cc1ccc(N(C)C(=O)CCl)c(C#Cc2ccccc2)c1. The van der Waals surface area contributed by atoms with E-state index in [1.54, 1.807) is 11.9 Å². The van der Waals surface area contributed by atoms with E-state index in [1.807, 2.05) is 55.5 Å². The Labute approximate surface area is 130 Å². The summed E-state index contributed by atoms with van der Waals surface area (Å²) < 4.78 is 0. The molecule has 0 saturated heterocycles. The average molecular weight is 298 g/mol. The summed E-state index contributed by atoms with van der Waals surface area (Å²) >= 11 is 5.63. The highest BCUT2D eigenvalue weighted by molar-refractivity contribution is 6.29. The third-order valence-electron chi connectivity index (χ3n) is 3.12. The second-order valence-corrected chi connectivity index (χ2v) is 4.99. The molecular weight excluding hydrogens is 282 g/mol. The molecule has 0 saturated carbocycles. The molecule has 0 aromatic heterocycles. The zero-order valence-electron chi connectivity index (χ0n) is 12.1. The van der Waals surface area contributed by atoms with Crippen LogP contribution in [0.25, 0.3) is 0 Å². The zero-order chi connectivity index (χ0) is 15.2. The second-order valence-electron chi connectivity index (χ2n) is 4.72. The average Bonchev–Trinajstić information content (AvgIpc) is 2.52. The van der Waals surface area contributed by atoms with Gasteiger partial charge in [0, 0.05) is 18.2 Å². The Morgan fingerprint density at radius 2 is 1.86 bits per heavy atom. The Morgan fingerprint density at radius 3 is 2.52 bits per heavy atom. The van der Waals surface area contributed by atoms with Gasteiger partial charge in [-0.05, 0) is 36.8 Å². The first-order valence-corrected chi connectivity index (χ1v) is 7.15. The summed E-state index contributed by atoms with van der Waals surface area (Å²) in [7, 11) is 1.71. The highest BCUT2D eigenvalue weighted by atomic mass is 35.5. The van der Waals surface area contributed by atoms with Gasteiger partial charge in [0.2, 0.25) is 5.91 Å². The van der Waals surface area contributed by atoms with E-state index in [9.17, 15) is 4.79 Å². The molecule has 106 valence electrons. The lowest BCUT2D eigenvalue weighted by atomic mass is 10.1. The number of carbonyl (C=O) groups is 1. The summed E-state index contributed by atoms with van der Waals surface area (Å²) in [5.74, 6) is 6.07. The first-order valence-electron chi connectivity index (χ1n) is 6.62. The van der Waals surface area contributed by atoms with E-state index in [4.69, 9.17) is 11.6 Å². The van der Waals surface area contributed by atoms with Crippen LogP contribution in [-0.4, -0.2) is 18.8 Å². The smallest absolute Gasteiger partial charge is 0.241 e. The molecule has 2 rings (SSSR count). The first-order chi connectivity index (χ1) is 10.1. The molecule has 2 aromatic carbocycles. The summed E-state index contributed by atoms with van der Waals surface area (Å²) in [5.41, 5.74) is 3.63. The third-order valence-corrected chi connectivity index (χ3v) is 3.35. The van der Waals surface area contributed by atoms with Crippen molar-refractivity contribution in [3.63, 3.8) is 0 Å². The van der Waals surface area contributed by atoms with E-state index in [0.29, 0.717) is 0 Å².